The molecule has 2 N–H and O–H groups in total. The van der Waals surface area contributed by atoms with Gasteiger partial charge in [-0.2, -0.15) is 0 Å². The molecule has 1 aromatic heterocycles. The van der Waals surface area contributed by atoms with Crippen molar-refractivity contribution in [2.24, 2.45) is 11.7 Å². The summed E-state index contributed by atoms with van der Waals surface area (Å²) in [6, 6.07) is 0.117. The van der Waals surface area contributed by atoms with Gasteiger partial charge in [0.05, 0.1) is 11.7 Å². The predicted molar refractivity (Wildman–Crippen MR) is 58.0 cm³/mol. The Hall–Kier alpha value is -0.480. The molecular formula is C10H17N3S. The Kier molecular flexibility index (Phi) is 3.48. The minimum Gasteiger partial charge on any atom is -0.322 e. The summed E-state index contributed by atoms with van der Waals surface area (Å²) < 4.78 is 3.87. The van der Waals surface area contributed by atoms with Crippen LogP contribution in [0.3, 0.4) is 0 Å². The number of hydrogen-bond donors (Lipinski definition) is 1. The first-order valence-corrected chi connectivity index (χ1v) is 6.24. The lowest BCUT2D eigenvalue weighted by Gasteiger charge is -2.19. The maximum atomic E-state index is 6.19. The van der Waals surface area contributed by atoms with Gasteiger partial charge in [-0.25, -0.2) is 0 Å². The molecule has 1 fully saturated rings. The summed E-state index contributed by atoms with van der Waals surface area (Å²) >= 11 is 1.40. The number of rotatable bonds is 2. The Morgan fingerprint density at radius 2 is 2.00 bits per heavy atom. The van der Waals surface area contributed by atoms with E-state index in [1.54, 1.807) is 0 Å². The Morgan fingerprint density at radius 1 is 1.29 bits per heavy atom. The van der Waals surface area contributed by atoms with Crippen LogP contribution in [-0.2, 0) is 0 Å². The van der Waals surface area contributed by atoms with E-state index in [1.165, 1.54) is 50.1 Å². The van der Waals surface area contributed by atoms with E-state index in [1.807, 2.05) is 5.38 Å². The summed E-state index contributed by atoms with van der Waals surface area (Å²) in [4.78, 5) is 0. The molecule has 78 valence electrons. The van der Waals surface area contributed by atoms with Crippen molar-refractivity contribution < 1.29 is 0 Å². The van der Waals surface area contributed by atoms with Crippen molar-refractivity contribution in [3.63, 3.8) is 0 Å². The van der Waals surface area contributed by atoms with E-state index in [9.17, 15) is 0 Å². The SMILES string of the molecule is NC(c1csnn1)C1CCCCCC1. The highest BCUT2D eigenvalue weighted by Crippen LogP contribution is 2.31. The minimum atomic E-state index is 0.117. The van der Waals surface area contributed by atoms with Gasteiger partial charge in [-0.1, -0.05) is 30.2 Å². The van der Waals surface area contributed by atoms with Gasteiger partial charge >= 0.3 is 0 Å². The molecule has 2 rings (SSSR count). The third-order valence-corrected chi connectivity index (χ3v) is 3.65. The van der Waals surface area contributed by atoms with Crippen molar-refractivity contribution in [3.05, 3.63) is 11.1 Å². The molecule has 3 nitrogen and oxygen atoms in total. The Labute approximate surface area is 88.9 Å². The maximum absolute atomic E-state index is 6.19. The zero-order chi connectivity index (χ0) is 9.80. The summed E-state index contributed by atoms with van der Waals surface area (Å²) in [6.45, 7) is 0. The molecule has 0 amide bonds. The molecule has 0 aromatic carbocycles. The highest BCUT2D eigenvalue weighted by atomic mass is 32.1. The summed E-state index contributed by atoms with van der Waals surface area (Å²) in [6.07, 6.45) is 7.93. The van der Waals surface area contributed by atoms with Gasteiger partial charge in [-0.15, -0.1) is 5.10 Å². The quantitative estimate of drug-likeness (QED) is 0.765. The first kappa shape index (κ1) is 10.1. The fraction of sp³-hybridized carbons (Fsp3) is 0.800. The second kappa shape index (κ2) is 4.84. The van der Waals surface area contributed by atoms with Gasteiger partial charge in [-0.3, -0.25) is 0 Å². The predicted octanol–water partition coefficient (Wildman–Crippen LogP) is 2.51. The monoisotopic (exact) mass is 211 g/mol. The van der Waals surface area contributed by atoms with E-state index in [0.717, 1.165) is 5.69 Å². The van der Waals surface area contributed by atoms with Gasteiger partial charge in [0.1, 0.15) is 0 Å². The normalized spacial score (nSPS) is 21.8. The van der Waals surface area contributed by atoms with Crippen LogP contribution < -0.4 is 5.73 Å². The average molecular weight is 211 g/mol. The summed E-state index contributed by atoms with van der Waals surface area (Å²) in [5.41, 5.74) is 7.18. The number of nitrogens with two attached hydrogens (primary N) is 1. The van der Waals surface area contributed by atoms with Crippen LogP contribution in [0.25, 0.3) is 0 Å². The third kappa shape index (κ3) is 2.30. The van der Waals surface area contributed by atoms with Gasteiger partial charge in [0, 0.05) is 5.38 Å². The van der Waals surface area contributed by atoms with E-state index in [2.05, 4.69) is 9.59 Å². The Bertz CT molecular complexity index is 252. The van der Waals surface area contributed by atoms with Crippen LogP contribution in [0.5, 0.6) is 0 Å². The van der Waals surface area contributed by atoms with Crippen LogP contribution in [0.15, 0.2) is 5.38 Å². The summed E-state index contributed by atoms with van der Waals surface area (Å²) in [5, 5.41) is 6.05. The van der Waals surface area contributed by atoms with Crippen molar-refractivity contribution >= 4 is 11.5 Å². The van der Waals surface area contributed by atoms with Crippen molar-refractivity contribution in [2.45, 2.75) is 44.6 Å². The lowest BCUT2D eigenvalue weighted by molar-refractivity contribution is 0.376. The van der Waals surface area contributed by atoms with Gasteiger partial charge in [0.25, 0.3) is 0 Å². The zero-order valence-electron chi connectivity index (χ0n) is 8.35. The molecule has 4 heteroatoms. The molecular weight excluding hydrogens is 194 g/mol. The van der Waals surface area contributed by atoms with Crippen molar-refractivity contribution in [1.29, 1.82) is 0 Å². The molecule has 1 atom stereocenters. The van der Waals surface area contributed by atoms with E-state index in [4.69, 9.17) is 5.73 Å². The molecule has 0 aliphatic heterocycles. The van der Waals surface area contributed by atoms with E-state index < -0.39 is 0 Å². The van der Waals surface area contributed by atoms with Gasteiger partial charge < -0.3 is 5.73 Å². The summed E-state index contributed by atoms with van der Waals surface area (Å²) in [5.74, 6) is 0.626. The Balaban J connectivity index is 1.99. The lowest BCUT2D eigenvalue weighted by atomic mass is 9.91. The van der Waals surface area contributed by atoms with Crippen LogP contribution in [0.1, 0.15) is 50.3 Å². The first-order chi connectivity index (χ1) is 6.88. The van der Waals surface area contributed by atoms with Gasteiger partial charge in [0.2, 0.25) is 0 Å². The number of nitrogens with zero attached hydrogens (tertiary/aromatic N) is 2. The van der Waals surface area contributed by atoms with Crippen molar-refractivity contribution in [3.8, 4) is 0 Å². The fourth-order valence-electron chi connectivity index (χ4n) is 2.23. The van der Waals surface area contributed by atoms with Crippen LogP contribution in [0.4, 0.5) is 0 Å². The fourth-order valence-corrected chi connectivity index (χ4v) is 2.73. The highest BCUT2D eigenvalue weighted by molar-refractivity contribution is 7.03. The second-order valence-corrected chi connectivity index (χ2v) is 4.72. The third-order valence-electron chi connectivity index (χ3n) is 3.13. The van der Waals surface area contributed by atoms with Gasteiger partial charge in [0.15, 0.2) is 0 Å². The van der Waals surface area contributed by atoms with E-state index in [0.29, 0.717) is 5.92 Å². The topological polar surface area (TPSA) is 51.8 Å². The smallest absolute Gasteiger partial charge is 0.0925 e. The standard InChI is InChI=1S/C10H17N3S/c11-10(9-7-14-13-12-9)8-5-3-1-2-4-6-8/h7-8,10H,1-6,11H2. The second-order valence-electron chi connectivity index (χ2n) is 4.11. The van der Waals surface area contributed by atoms with Gasteiger partial charge in [-0.05, 0) is 30.3 Å². The van der Waals surface area contributed by atoms with Crippen LogP contribution in [0.2, 0.25) is 0 Å². The van der Waals surface area contributed by atoms with E-state index in [-0.39, 0.29) is 6.04 Å². The molecule has 1 unspecified atom stereocenters. The molecule has 1 aliphatic carbocycles. The molecule has 0 radical (unpaired) electrons. The van der Waals surface area contributed by atoms with Crippen LogP contribution in [-0.4, -0.2) is 9.59 Å². The molecule has 14 heavy (non-hydrogen) atoms. The molecule has 1 heterocycles. The Morgan fingerprint density at radius 3 is 2.57 bits per heavy atom. The molecule has 1 saturated carbocycles. The average Bonchev–Trinajstić information content (AvgIpc) is 2.59. The van der Waals surface area contributed by atoms with Crippen LogP contribution in [0, 0.1) is 5.92 Å². The molecule has 0 spiro atoms. The van der Waals surface area contributed by atoms with Crippen molar-refractivity contribution in [2.75, 3.05) is 0 Å². The van der Waals surface area contributed by atoms with Crippen molar-refractivity contribution in [1.82, 2.24) is 9.59 Å². The summed E-state index contributed by atoms with van der Waals surface area (Å²) in [7, 11) is 0. The molecule has 0 bridgehead atoms. The largest absolute Gasteiger partial charge is 0.322 e. The molecule has 1 aliphatic rings. The number of aromatic nitrogens is 2. The maximum Gasteiger partial charge on any atom is 0.0925 e. The zero-order valence-corrected chi connectivity index (χ0v) is 9.17. The highest BCUT2D eigenvalue weighted by Gasteiger charge is 2.22. The van der Waals surface area contributed by atoms with Crippen LogP contribution >= 0.6 is 11.5 Å². The molecule has 0 saturated heterocycles. The lowest BCUT2D eigenvalue weighted by Crippen LogP contribution is -2.21. The minimum absolute atomic E-state index is 0.117. The number of hydrogen-bond acceptors (Lipinski definition) is 4. The first-order valence-electron chi connectivity index (χ1n) is 5.40. The van der Waals surface area contributed by atoms with E-state index >= 15 is 0 Å². The molecule has 1 aromatic rings.